The molecule has 2 fully saturated rings. The average Bonchev–Trinajstić information content (AvgIpc) is 3.55. The van der Waals surface area contributed by atoms with Crippen LogP contribution in [-0.4, -0.2) is 52.8 Å². The molecule has 3 atom stereocenters. The number of carbonyl (C=O) groups is 1. The number of hydrogen-bond acceptors (Lipinski definition) is 9. The van der Waals surface area contributed by atoms with Gasteiger partial charge in [0.25, 0.3) is 5.89 Å². The minimum absolute atomic E-state index is 0.279. The zero-order valence-electron chi connectivity index (χ0n) is 18.3. The first-order chi connectivity index (χ1) is 16.0. The summed E-state index contributed by atoms with van der Waals surface area (Å²) in [6.07, 6.45) is 2.24. The van der Waals surface area contributed by atoms with Gasteiger partial charge in [0, 0.05) is 29.9 Å². The number of hydrogen-bond donors (Lipinski definition) is 1. The second-order valence-electron chi connectivity index (χ2n) is 8.13. The summed E-state index contributed by atoms with van der Waals surface area (Å²) in [5.41, 5.74) is 2.21. The summed E-state index contributed by atoms with van der Waals surface area (Å²) < 4.78 is 31.7. The standard InChI is InChI=1S/C23H24FN5O4/c1-13-27-28-22(31-13)19-8-5-15(11-26-19)17-7-6-16(10-18(17)24)29-12-21(32-14(29)2)33-23(30)20-4-3-9-25-20/h5-8,10-11,14,20-21,25H,3-4,9,12H2,1-2H3/t14-,20+,21?/m1/s1. The Bertz CT molecular complexity index is 1150. The molecule has 2 saturated heterocycles. The Kier molecular flexibility index (Phi) is 5.77. The molecule has 0 radical (unpaired) electrons. The van der Waals surface area contributed by atoms with E-state index in [2.05, 4.69) is 20.5 Å². The maximum Gasteiger partial charge on any atom is 0.325 e. The highest BCUT2D eigenvalue weighted by atomic mass is 19.1. The summed E-state index contributed by atoms with van der Waals surface area (Å²) in [6.45, 7) is 4.69. The van der Waals surface area contributed by atoms with Crippen LogP contribution in [0.3, 0.4) is 0 Å². The molecular formula is C23H24FN5O4. The third-order valence-corrected chi connectivity index (χ3v) is 5.83. The molecule has 0 amide bonds. The smallest absolute Gasteiger partial charge is 0.325 e. The van der Waals surface area contributed by atoms with Crippen molar-refractivity contribution in [3.63, 3.8) is 0 Å². The van der Waals surface area contributed by atoms with Gasteiger partial charge >= 0.3 is 5.97 Å². The number of nitrogens with zero attached hydrogens (tertiary/aromatic N) is 4. The van der Waals surface area contributed by atoms with E-state index < -0.39 is 12.1 Å². The molecule has 10 heteroatoms. The van der Waals surface area contributed by atoms with Crippen LogP contribution >= 0.6 is 0 Å². The summed E-state index contributed by atoms with van der Waals surface area (Å²) in [5, 5.41) is 10.8. The Balaban J connectivity index is 1.28. The number of aryl methyl sites for hydroxylation is 1. The van der Waals surface area contributed by atoms with Crippen molar-refractivity contribution >= 4 is 11.7 Å². The second kappa shape index (κ2) is 8.87. The van der Waals surface area contributed by atoms with Gasteiger partial charge in [-0.1, -0.05) is 6.07 Å². The molecule has 9 nitrogen and oxygen atoms in total. The molecular weight excluding hydrogens is 429 g/mol. The van der Waals surface area contributed by atoms with E-state index in [0.717, 1.165) is 19.4 Å². The molecule has 2 aliphatic rings. The molecule has 172 valence electrons. The third-order valence-electron chi connectivity index (χ3n) is 5.83. The molecule has 2 aliphatic heterocycles. The van der Waals surface area contributed by atoms with Crippen molar-refractivity contribution in [2.24, 2.45) is 0 Å². The second-order valence-corrected chi connectivity index (χ2v) is 8.13. The van der Waals surface area contributed by atoms with Gasteiger partial charge in [0.2, 0.25) is 12.2 Å². The first-order valence-corrected chi connectivity index (χ1v) is 10.9. The fraction of sp³-hybridized carbons (Fsp3) is 0.391. The van der Waals surface area contributed by atoms with Crippen LogP contribution in [0.15, 0.2) is 40.9 Å². The Labute approximate surface area is 189 Å². The molecule has 3 aromatic rings. The summed E-state index contributed by atoms with van der Waals surface area (Å²) in [4.78, 5) is 18.4. The molecule has 1 aromatic carbocycles. The monoisotopic (exact) mass is 453 g/mol. The minimum atomic E-state index is -0.692. The lowest BCUT2D eigenvalue weighted by molar-refractivity contribution is -0.174. The Morgan fingerprint density at radius 2 is 2.15 bits per heavy atom. The molecule has 0 spiro atoms. The zero-order chi connectivity index (χ0) is 22.9. The van der Waals surface area contributed by atoms with E-state index in [9.17, 15) is 4.79 Å². The van der Waals surface area contributed by atoms with Crippen molar-refractivity contribution in [3.05, 3.63) is 48.2 Å². The van der Waals surface area contributed by atoms with Crippen LogP contribution in [0.4, 0.5) is 10.1 Å². The molecule has 33 heavy (non-hydrogen) atoms. The van der Waals surface area contributed by atoms with Crippen molar-refractivity contribution in [1.29, 1.82) is 0 Å². The number of rotatable bonds is 5. The van der Waals surface area contributed by atoms with Crippen LogP contribution < -0.4 is 10.2 Å². The van der Waals surface area contributed by atoms with Gasteiger partial charge in [0.05, 0.1) is 6.54 Å². The van der Waals surface area contributed by atoms with Crippen LogP contribution in [0, 0.1) is 12.7 Å². The van der Waals surface area contributed by atoms with Crippen molar-refractivity contribution in [3.8, 4) is 22.7 Å². The lowest BCUT2D eigenvalue weighted by Crippen LogP contribution is -2.36. The SMILES string of the molecule is Cc1nnc(-c2ccc(-c3ccc(N4CC(OC(=O)[C@@H]5CCCN5)O[C@@H]4C)cc3F)cn2)o1. The van der Waals surface area contributed by atoms with Gasteiger partial charge in [-0.3, -0.25) is 9.78 Å². The summed E-state index contributed by atoms with van der Waals surface area (Å²) in [7, 11) is 0. The summed E-state index contributed by atoms with van der Waals surface area (Å²) in [5.74, 6) is 0.0693. The molecule has 1 unspecified atom stereocenters. The topological polar surface area (TPSA) is 103 Å². The van der Waals surface area contributed by atoms with Crippen LogP contribution in [0.2, 0.25) is 0 Å². The lowest BCUT2D eigenvalue weighted by Gasteiger charge is -2.21. The summed E-state index contributed by atoms with van der Waals surface area (Å²) >= 11 is 0. The van der Waals surface area contributed by atoms with Crippen LogP contribution in [0.1, 0.15) is 25.7 Å². The quantitative estimate of drug-likeness (QED) is 0.584. The van der Waals surface area contributed by atoms with Gasteiger partial charge in [-0.25, -0.2) is 4.39 Å². The number of aromatic nitrogens is 3. The minimum Gasteiger partial charge on any atom is -0.433 e. The highest BCUT2D eigenvalue weighted by Gasteiger charge is 2.35. The highest BCUT2D eigenvalue weighted by Crippen LogP contribution is 2.31. The van der Waals surface area contributed by atoms with E-state index in [0.29, 0.717) is 40.8 Å². The number of ether oxygens (including phenoxy) is 2. The zero-order valence-corrected chi connectivity index (χ0v) is 18.3. The van der Waals surface area contributed by atoms with Crippen molar-refractivity contribution < 1.29 is 23.1 Å². The molecule has 0 aliphatic carbocycles. The predicted molar refractivity (Wildman–Crippen MR) is 116 cm³/mol. The predicted octanol–water partition coefficient (Wildman–Crippen LogP) is 3.05. The molecule has 0 saturated carbocycles. The van der Waals surface area contributed by atoms with Gasteiger partial charge in [0.15, 0.2) is 0 Å². The van der Waals surface area contributed by atoms with Gasteiger partial charge in [-0.05, 0) is 50.6 Å². The van der Waals surface area contributed by atoms with E-state index in [1.54, 1.807) is 31.3 Å². The van der Waals surface area contributed by atoms with Gasteiger partial charge in [-0.15, -0.1) is 10.2 Å². The number of nitrogens with one attached hydrogen (secondary N) is 1. The molecule has 5 rings (SSSR count). The van der Waals surface area contributed by atoms with E-state index in [1.165, 1.54) is 6.07 Å². The van der Waals surface area contributed by atoms with Crippen molar-refractivity contribution in [1.82, 2.24) is 20.5 Å². The van der Waals surface area contributed by atoms with Crippen LogP contribution in [0.5, 0.6) is 0 Å². The molecule has 4 heterocycles. The van der Waals surface area contributed by atoms with Gasteiger partial charge in [0.1, 0.15) is 23.8 Å². The first-order valence-electron chi connectivity index (χ1n) is 10.9. The van der Waals surface area contributed by atoms with Crippen LogP contribution in [0.25, 0.3) is 22.7 Å². The number of anilines is 1. The van der Waals surface area contributed by atoms with Crippen molar-refractivity contribution in [2.75, 3.05) is 18.0 Å². The van der Waals surface area contributed by atoms with E-state index in [1.807, 2.05) is 17.9 Å². The largest absolute Gasteiger partial charge is 0.433 e. The molecule has 1 N–H and O–H groups in total. The Morgan fingerprint density at radius 1 is 1.27 bits per heavy atom. The lowest BCUT2D eigenvalue weighted by atomic mass is 10.1. The highest BCUT2D eigenvalue weighted by molar-refractivity contribution is 5.76. The number of benzene rings is 1. The fourth-order valence-electron chi connectivity index (χ4n) is 4.12. The third kappa shape index (κ3) is 4.44. The van der Waals surface area contributed by atoms with Gasteiger partial charge < -0.3 is 24.1 Å². The maximum atomic E-state index is 15.0. The average molecular weight is 453 g/mol. The Morgan fingerprint density at radius 3 is 2.82 bits per heavy atom. The first kappa shape index (κ1) is 21.5. The number of pyridine rings is 1. The fourth-order valence-corrected chi connectivity index (χ4v) is 4.12. The molecule has 0 bridgehead atoms. The van der Waals surface area contributed by atoms with Gasteiger partial charge in [-0.2, -0.15) is 0 Å². The summed E-state index contributed by atoms with van der Waals surface area (Å²) in [6, 6.07) is 8.16. The molecule has 2 aromatic heterocycles. The number of carbonyl (C=O) groups excluding carboxylic acids is 1. The Hall–Kier alpha value is -3.37. The van der Waals surface area contributed by atoms with E-state index in [-0.39, 0.29) is 18.2 Å². The normalized spacial score (nSPS) is 22.6. The van der Waals surface area contributed by atoms with Crippen molar-refractivity contribution in [2.45, 2.75) is 45.2 Å². The number of halogens is 1. The maximum absolute atomic E-state index is 15.0. The van der Waals surface area contributed by atoms with E-state index >= 15 is 4.39 Å². The van der Waals surface area contributed by atoms with E-state index in [4.69, 9.17) is 13.9 Å². The van der Waals surface area contributed by atoms with Crippen LogP contribution in [-0.2, 0) is 14.3 Å². The number of esters is 1.